The minimum atomic E-state index is 0. The fourth-order valence-corrected chi connectivity index (χ4v) is 2.12. The van der Waals surface area contributed by atoms with Crippen LogP contribution in [0.15, 0.2) is 34.2 Å². The molecule has 1 saturated carbocycles. The molecule has 106 valence electrons. The fraction of sp³-hybridized carbons (Fsp3) is 0.500. The van der Waals surface area contributed by atoms with E-state index >= 15 is 0 Å². The van der Waals surface area contributed by atoms with E-state index in [1.807, 2.05) is 7.05 Å². The Hall–Kier alpha value is -0.430. The molecule has 0 heterocycles. The number of rotatable bonds is 5. The summed E-state index contributed by atoms with van der Waals surface area (Å²) in [5, 5.41) is 6.70. The highest BCUT2D eigenvalue weighted by Crippen LogP contribution is 2.27. The Bertz CT molecular complexity index is 402. The van der Waals surface area contributed by atoms with Crippen LogP contribution < -0.4 is 10.6 Å². The van der Waals surface area contributed by atoms with E-state index in [2.05, 4.69) is 46.1 Å². The molecule has 1 aromatic rings. The van der Waals surface area contributed by atoms with Crippen LogP contribution in [-0.2, 0) is 6.54 Å². The lowest BCUT2D eigenvalue weighted by molar-refractivity contribution is 0.737. The van der Waals surface area contributed by atoms with Crippen molar-refractivity contribution in [1.29, 1.82) is 0 Å². The van der Waals surface area contributed by atoms with Crippen molar-refractivity contribution in [1.82, 2.24) is 10.6 Å². The molecule has 0 unspecified atom stereocenters. The third-order valence-corrected chi connectivity index (χ3v) is 3.84. The van der Waals surface area contributed by atoms with Crippen molar-refractivity contribution in [2.45, 2.75) is 24.3 Å². The van der Waals surface area contributed by atoms with Crippen molar-refractivity contribution in [3.05, 3.63) is 29.8 Å². The molecular weight excluding hydrogens is 369 g/mol. The number of hydrogen-bond acceptors (Lipinski definition) is 2. The van der Waals surface area contributed by atoms with Crippen LogP contribution in [0.3, 0.4) is 0 Å². The average molecular weight is 391 g/mol. The molecule has 3 nitrogen and oxygen atoms in total. The largest absolute Gasteiger partial charge is 0.356 e. The molecule has 0 aliphatic heterocycles. The Morgan fingerprint density at radius 2 is 1.95 bits per heavy atom. The molecule has 1 aliphatic carbocycles. The molecule has 1 aliphatic rings. The molecule has 0 spiro atoms. The van der Waals surface area contributed by atoms with Gasteiger partial charge in [-0.3, -0.25) is 4.99 Å². The van der Waals surface area contributed by atoms with E-state index in [-0.39, 0.29) is 24.0 Å². The quantitative estimate of drug-likeness (QED) is 0.351. The second-order valence-corrected chi connectivity index (χ2v) is 5.48. The predicted molar refractivity (Wildman–Crippen MR) is 94.6 cm³/mol. The monoisotopic (exact) mass is 391 g/mol. The van der Waals surface area contributed by atoms with Gasteiger partial charge in [0.1, 0.15) is 0 Å². The van der Waals surface area contributed by atoms with E-state index in [1.54, 1.807) is 11.8 Å². The van der Waals surface area contributed by atoms with Crippen molar-refractivity contribution in [2.24, 2.45) is 10.9 Å². The van der Waals surface area contributed by atoms with E-state index in [1.165, 1.54) is 23.3 Å². The molecule has 0 bridgehead atoms. The van der Waals surface area contributed by atoms with Crippen LogP contribution in [0.25, 0.3) is 0 Å². The normalized spacial score (nSPS) is 14.7. The first-order chi connectivity index (χ1) is 8.81. The molecule has 1 aromatic carbocycles. The Labute approximate surface area is 137 Å². The Kier molecular flexibility index (Phi) is 7.60. The summed E-state index contributed by atoms with van der Waals surface area (Å²) in [6, 6.07) is 8.63. The van der Waals surface area contributed by atoms with E-state index in [0.717, 1.165) is 25.0 Å². The lowest BCUT2D eigenvalue weighted by atomic mass is 10.2. The van der Waals surface area contributed by atoms with Gasteiger partial charge in [0.05, 0.1) is 0 Å². The second kappa shape index (κ2) is 8.68. The number of benzene rings is 1. The molecule has 0 aromatic heterocycles. The van der Waals surface area contributed by atoms with Crippen LogP contribution in [0.2, 0.25) is 0 Å². The zero-order valence-electron chi connectivity index (χ0n) is 11.5. The summed E-state index contributed by atoms with van der Waals surface area (Å²) < 4.78 is 0. The highest BCUT2D eigenvalue weighted by Gasteiger charge is 2.20. The first-order valence-corrected chi connectivity index (χ1v) is 7.61. The van der Waals surface area contributed by atoms with Crippen LogP contribution >= 0.6 is 35.7 Å². The zero-order valence-corrected chi connectivity index (χ0v) is 14.6. The number of aliphatic imine (C=N–C) groups is 1. The lowest BCUT2D eigenvalue weighted by Gasteiger charge is -2.11. The molecular formula is C14H22IN3S. The molecule has 0 amide bonds. The first kappa shape index (κ1) is 16.6. The van der Waals surface area contributed by atoms with Crippen LogP contribution in [-0.4, -0.2) is 25.8 Å². The average Bonchev–Trinajstić information content (AvgIpc) is 3.24. The van der Waals surface area contributed by atoms with E-state index in [0.29, 0.717) is 0 Å². The number of halogens is 1. The number of nitrogens with one attached hydrogen (secondary N) is 2. The van der Waals surface area contributed by atoms with Gasteiger partial charge < -0.3 is 10.6 Å². The van der Waals surface area contributed by atoms with Gasteiger partial charge in [-0.15, -0.1) is 35.7 Å². The van der Waals surface area contributed by atoms with Gasteiger partial charge in [-0.25, -0.2) is 0 Å². The van der Waals surface area contributed by atoms with Gasteiger partial charge in [-0.2, -0.15) is 0 Å². The highest BCUT2D eigenvalue weighted by atomic mass is 127. The maximum absolute atomic E-state index is 4.23. The maximum Gasteiger partial charge on any atom is 0.191 e. The molecule has 5 heteroatoms. The second-order valence-electron chi connectivity index (χ2n) is 4.60. The minimum absolute atomic E-state index is 0. The standard InChI is InChI=1S/C14H21N3S.HI/c1-15-14(16-9-11-3-4-11)17-10-12-5-7-13(18-2)8-6-12;/h5-8,11H,3-4,9-10H2,1-2H3,(H2,15,16,17);1H. The Morgan fingerprint density at radius 3 is 2.47 bits per heavy atom. The molecule has 0 atom stereocenters. The summed E-state index contributed by atoms with van der Waals surface area (Å²) in [6.07, 6.45) is 4.82. The number of nitrogens with zero attached hydrogens (tertiary/aromatic N) is 1. The van der Waals surface area contributed by atoms with Crippen LogP contribution in [0, 0.1) is 5.92 Å². The van der Waals surface area contributed by atoms with Gasteiger partial charge in [0.25, 0.3) is 0 Å². The molecule has 1 fully saturated rings. The molecule has 2 N–H and O–H groups in total. The Balaban J connectivity index is 0.00000180. The van der Waals surface area contributed by atoms with Crippen LogP contribution in [0.5, 0.6) is 0 Å². The first-order valence-electron chi connectivity index (χ1n) is 6.39. The SMILES string of the molecule is CN=C(NCc1ccc(SC)cc1)NCC1CC1.I. The third-order valence-electron chi connectivity index (χ3n) is 3.10. The molecule has 0 saturated heterocycles. The number of guanidine groups is 1. The van der Waals surface area contributed by atoms with Crippen LogP contribution in [0.4, 0.5) is 0 Å². The minimum Gasteiger partial charge on any atom is -0.356 e. The number of thioether (sulfide) groups is 1. The van der Waals surface area contributed by atoms with Gasteiger partial charge in [-0.1, -0.05) is 12.1 Å². The summed E-state index contributed by atoms with van der Waals surface area (Å²) in [7, 11) is 1.82. The summed E-state index contributed by atoms with van der Waals surface area (Å²) in [4.78, 5) is 5.53. The van der Waals surface area contributed by atoms with Crippen molar-refractivity contribution < 1.29 is 0 Å². The summed E-state index contributed by atoms with van der Waals surface area (Å²) >= 11 is 1.77. The summed E-state index contributed by atoms with van der Waals surface area (Å²) in [5.41, 5.74) is 1.28. The Morgan fingerprint density at radius 1 is 1.26 bits per heavy atom. The fourth-order valence-electron chi connectivity index (χ4n) is 1.71. The third kappa shape index (κ3) is 6.03. The molecule has 19 heavy (non-hydrogen) atoms. The van der Waals surface area contributed by atoms with E-state index < -0.39 is 0 Å². The molecule has 0 radical (unpaired) electrons. The van der Waals surface area contributed by atoms with E-state index in [4.69, 9.17) is 0 Å². The summed E-state index contributed by atoms with van der Waals surface area (Å²) in [5.74, 6) is 1.76. The van der Waals surface area contributed by atoms with Crippen molar-refractivity contribution >= 4 is 41.7 Å². The highest BCUT2D eigenvalue weighted by molar-refractivity contribution is 14.0. The maximum atomic E-state index is 4.23. The number of hydrogen-bond donors (Lipinski definition) is 2. The summed E-state index contributed by atoms with van der Waals surface area (Å²) in [6.45, 7) is 1.87. The van der Waals surface area contributed by atoms with Gasteiger partial charge in [0.15, 0.2) is 5.96 Å². The lowest BCUT2D eigenvalue weighted by Crippen LogP contribution is -2.37. The van der Waals surface area contributed by atoms with Crippen molar-refractivity contribution in [3.8, 4) is 0 Å². The van der Waals surface area contributed by atoms with E-state index in [9.17, 15) is 0 Å². The predicted octanol–water partition coefficient (Wildman–Crippen LogP) is 3.10. The van der Waals surface area contributed by atoms with Crippen molar-refractivity contribution in [3.63, 3.8) is 0 Å². The molecule has 2 rings (SSSR count). The zero-order chi connectivity index (χ0) is 12.8. The van der Waals surface area contributed by atoms with Gasteiger partial charge in [0.2, 0.25) is 0 Å². The van der Waals surface area contributed by atoms with Crippen LogP contribution in [0.1, 0.15) is 18.4 Å². The smallest absolute Gasteiger partial charge is 0.191 e. The van der Waals surface area contributed by atoms with Gasteiger partial charge in [0, 0.05) is 25.0 Å². The van der Waals surface area contributed by atoms with Gasteiger partial charge >= 0.3 is 0 Å². The van der Waals surface area contributed by atoms with Crippen molar-refractivity contribution in [2.75, 3.05) is 19.8 Å². The van der Waals surface area contributed by atoms with Gasteiger partial charge in [-0.05, 0) is 42.7 Å². The topological polar surface area (TPSA) is 36.4 Å².